The van der Waals surface area contributed by atoms with Gasteiger partial charge >= 0.3 is 0 Å². The lowest BCUT2D eigenvalue weighted by molar-refractivity contribution is -0.120. The zero-order valence-corrected chi connectivity index (χ0v) is 9.53. The lowest BCUT2D eigenvalue weighted by atomic mass is 10.4. The van der Waals surface area contributed by atoms with Crippen molar-refractivity contribution in [1.82, 2.24) is 16.0 Å². The molecule has 6 nitrogen and oxygen atoms in total. The second-order valence-corrected chi connectivity index (χ2v) is 3.72. The molecule has 6 heteroatoms. The number of rotatable bonds is 4. The fourth-order valence-corrected chi connectivity index (χ4v) is 1.48. The summed E-state index contributed by atoms with van der Waals surface area (Å²) in [6.45, 7) is 2.34. The van der Waals surface area contributed by atoms with E-state index < -0.39 is 0 Å². The van der Waals surface area contributed by atoms with Crippen LogP contribution in [0, 0.1) is 0 Å². The molecule has 3 N–H and O–H groups in total. The molecule has 1 aliphatic heterocycles. The fourth-order valence-electron chi connectivity index (χ4n) is 1.48. The maximum atomic E-state index is 11.5. The van der Waals surface area contributed by atoms with Gasteiger partial charge in [0.15, 0.2) is 5.96 Å². The number of nitrogens with zero attached hydrogens (tertiary/aromatic N) is 1. The Bertz CT molecular complexity index is 386. The summed E-state index contributed by atoms with van der Waals surface area (Å²) in [6.07, 6.45) is 2.62. The molecule has 0 spiro atoms. The van der Waals surface area contributed by atoms with Crippen LogP contribution in [0.4, 0.5) is 0 Å². The van der Waals surface area contributed by atoms with E-state index in [0.29, 0.717) is 12.5 Å². The minimum Gasteiger partial charge on any atom is -0.467 e. The number of aliphatic imine (C=N–C) groups is 1. The van der Waals surface area contributed by atoms with Crippen LogP contribution >= 0.6 is 0 Å². The average molecular weight is 236 g/mol. The first kappa shape index (κ1) is 11.5. The summed E-state index contributed by atoms with van der Waals surface area (Å²) in [6, 6.07) is 3.61. The maximum Gasteiger partial charge on any atom is 0.239 e. The normalized spacial score (nSPS) is 14.7. The minimum absolute atomic E-state index is 0.0866. The van der Waals surface area contributed by atoms with E-state index in [1.54, 1.807) is 12.3 Å². The minimum atomic E-state index is -0.0866. The molecule has 1 aromatic rings. The van der Waals surface area contributed by atoms with Crippen LogP contribution in [0.3, 0.4) is 0 Å². The van der Waals surface area contributed by atoms with E-state index in [1.165, 1.54) is 0 Å². The maximum absolute atomic E-state index is 11.5. The molecule has 1 aliphatic rings. The topological polar surface area (TPSA) is 78.7 Å². The molecule has 2 heterocycles. The molecule has 0 bridgehead atoms. The van der Waals surface area contributed by atoms with Crippen molar-refractivity contribution in [2.45, 2.75) is 13.0 Å². The molecule has 1 amide bonds. The smallest absolute Gasteiger partial charge is 0.239 e. The summed E-state index contributed by atoms with van der Waals surface area (Å²) < 4.78 is 5.11. The lowest BCUT2D eigenvalue weighted by Crippen LogP contribution is -2.45. The van der Waals surface area contributed by atoms with Gasteiger partial charge in [0.25, 0.3) is 0 Å². The number of carbonyl (C=O) groups is 1. The van der Waals surface area contributed by atoms with E-state index >= 15 is 0 Å². The lowest BCUT2D eigenvalue weighted by Gasteiger charge is -2.15. The predicted molar refractivity (Wildman–Crippen MR) is 63.5 cm³/mol. The van der Waals surface area contributed by atoms with Crippen LogP contribution in [0.1, 0.15) is 12.2 Å². The van der Waals surface area contributed by atoms with Crippen LogP contribution in [-0.2, 0) is 11.3 Å². The summed E-state index contributed by atoms with van der Waals surface area (Å²) in [7, 11) is 0. The summed E-state index contributed by atoms with van der Waals surface area (Å²) in [5, 5.41) is 8.78. The van der Waals surface area contributed by atoms with Crippen LogP contribution in [0.25, 0.3) is 0 Å². The summed E-state index contributed by atoms with van der Waals surface area (Å²) >= 11 is 0. The van der Waals surface area contributed by atoms with Gasteiger partial charge in [-0.1, -0.05) is 0 Å². The molecule has 0 fully saturated rings. The van der Waals surface area contributed by atoms with Gasteiger partial charge in [-0.25, -0.2) is 0 Å². The fraction of sp³-hybridized carbons (Fsp3) is 0.455. The van der Waals surface area contributed by atoms with Crippen molar-refractivity contribution in [1.29, 1.82) is 0 Å². The zero-order chi connectivity index (χ0) is 11.9. The summed E-state index contributed by atoms with van der Waals surface area (Å²) in [4.78, 5) is 15.7. The Balaban J connectivity index is 1.65. The molecule has 0 aromatic carbocycles. The highest BCUT2D eigenvalue weighted by atomic mass is 16.3. The van der Waals surface area contributed by atoms with E-state index in [2.05, 4.69) is 20.9 Å². The third-order valence-electron chi connectivity index (χ3n) is 2.35. The Kier molecular flexibility index (Phi) is 4.01. The zero-order valence-electron chi connectivity index (χ0n) is 9.53. The van der Waals surface area contributed by atoms with Crippen molar-refractivity contribution < 1.29 is 9.21 Å². The second kappa shape index (κ2) is 5.93. The largest absolute Gasteiger partial charge is 0.467 e. The van der Waals surface area contributed by atoms with E-state index in [-0.39, 0.29) is 12.5 Å². The highest BCUT2D eigenvalue weighted by Crippen LogP contribution is 1.97. The molecule has 0 radical (unpaired) electrons. The van der Waals surface area contributed by atoms with E-state index in [1.807, 2.05) is 6.07 Å². The Morgan fingerprint density at radius 1 is 1.59 bits per heavy atom. The number of hydrogen-bond donors (Lipinski definition) is 3. The quantitative estimate of drug-likeness (QED) is 0.678. The molecular formula is C11H16N4O2. The molecular weight excluding hydrogens is 220 g/mol. The van der Waals surface area contributed by atoms with E-state index in [4.69, 9.17) is 4.42 Å². The van der Waals surface area contributed by atoms with Gasteiger partial charge in [-0.15, -0.1) is 0 Å². The molecule has 0 atom stereocenters. The summed E-state index contributed by atoms with van der Waals surface area (Å²) in [5.41, 5.74) is 0. The number of furan rings is 1. The van der Waals surface area contributed by atoms with Crippen molar-refractivity contribution in [3.63, 3.8) is 0 Å². The van der Waals surface area contributed by atoms with Crippen molar-refractivity contribution >= 4 is 11.9 Å². The van der Waals surface area contributed by atoms with Gasteiger partial charge in [-0.3, -0.25) is 9.79 Å². The number of hydrogen-bond acceptors (Lipinski definition) is 5. The van der Waals surface area contributed by atoms with Gasteiger partial charge in [0.1, 0.15) is 5.76 Å². The molecule has 2 rings (SSSR count). The average Bonchev–Trinajstić information content (AvgIpc) is 2.88. The van der Waals surface area contributed by atoms with Gasteiger partial charge in [-0.05, 0) is 18.6 Å². The van der Waals surface area contributed by atoms with E-state index in [0.717, 1.165) is 25.3 Å². The number of carbonyl (C=O) groups excluding carboxylic acids is 1. The standard InChI is InChI=1S/C11H16N4O2/c16-10(14-7-9-3-1-6-17-9)8-15-11-12-4-2-5-13-11/h1,3,6H,2,4-5,7-8H2,(H,14,16)(H2,12,13,15). The van der Waals surface area contributed by atoms with Crippen molar-refractivity contribution in [2.24, 2.45) is 4.99 Å². The first-order valence-electron chi connectivity index (χ1n) is 5.66. The van der Waals surface area contributed by atoms with Gasteiger partial charge in [-0.2, -0.15) is 0 Å². The van der Waals surface area contributed by atoms with Crippen molar-refractivity contribution in [2.75, 3.05) is 19.6 Å². The molecule has 0 aliphatic carbocycles. The highest BCUT2D eigenvalue weighted by Gasteiger charge is 2.06. The van der Waals surface area contributed by atoms with Gasteiger partial charge < -0.3 is 20.4 Å². The Morgan fingerprint density at radius 3 is 3.24 bits per heavy atom. The SMILES string of the molecule is O=C(CNC1=NCCCN1)NCc1ccco1. The van der Waals surface area contributed by atoms with Crippen LogP contribution in [-0.4, -0.2) is 31.5 Å². The summed E-state index contributed by atoms with van der Waals surface area (Å²) in [5.74, 6) is 1.35. The van der Waals surface area contributed by atoms with Crippen molar-refractivity contribution in [3.05, 3.63) is 24.2 Å². The molecule has 0 unspecified atom stereocenters. The van der Waals surface area contributed by atoms with Gasteiger partial charge in [0.2, 0.25) is 5.91 Å². The van der Waals surface area contributed by atoms with Crippen LogP contribution < -0.4 is 16.0 Å². The number of amides is 1. The van der Waals surface area contributed by atoms with Crippen LogP contribution in [0.15, 0.2) is 27.8 Å². The van der Waals surface area contributed by atoms with Crippen LogP contribution in [0.5, 0.6) is 0 Å². The Morgan fingerprint density at radius 2 is 2.53 bits per heavy atom. The monoisotopic (exact) mass is 236 g/mol. The Labute approximate surface area is 99.5 Å². The third-order valence-corrected chi connectivity index (χ3v) is 2.35. The molecule has 0 saturated heterocycles. The molecule has 92 valence electrons. The van der Waals surface area contributed by atoms with Crippen molar-refractivity contribution in [3.8, 4) is 0 Å². The number of nitrogens with one attached hydrogen (secondary N) is 3. The third kappa shape index (κ3) is 3.82. The van der Waals surface area contributed by atoms with Gasteiger partial charge in [0, 0.05) is 13.1 Å². The highest BCUT2D eigenvalue weighted by molar-refractivity contribution is 5.86. The van der Waals surface area contributed by atoms with Crippen LogP contribution in [0.2, 0.25) is 0 Å². The predicted octanol–water partition coefficient (Wildman–Crippen LogP) is -0.165. The number of guanidine groups is 1. The molecule has 1 aromatic heterocycles. The Hall–Kier alpha value is -1.98. The molecule has 17 heavy (non-hydrogen) atoms. The molecule has 0 saturated carbocycles. The van der Waals surface area contributed by atoms with E-state index in [9.17, 15) is 4.79 Å². The first-order chi connectivity index (χ1) is 8.34. The first-order valence-corrected chi connectivity index (χ1v) is 5.66. The van der Waals surface area contributed by atoms with Gasteiger partial charge in [0.05, 0.1) is 19.4 Å². The second-order valence-electron chi connectivity index (χ2n) is 3.72.